The van der Waals surface area contributed by atoms with E-state index in [1.54, 1.807) is 13.2 Å². The van der Waals surface area contributed by atoms with Crippen LogP contribution in [0.25, 0.3) is 0 Å². The number of rotatable bonds is 7. The average molecular weight is 600 g/mol. The highest BCUT2D eigenvalue weighted by molar-refractivity contribution is 7.92. The Morgan fingerprint density at radius 3 is 1.80 bits per heavy atom. The van der Waals surface area contributed by atoms with Gasteiger partial charge in [0.2, 0.25) is 0 Å². The highest BCUT2D eigenvalue weighted by Crippen LogP contribution is 2.28. The Bertz CT molecular complexity index is 1470. The number of aliphatic carboxylic acids is 1. The van der Waals surface area contributed by atoms with Crippen LogP contribution in [0.4, 0.5) is 34.6 Å². The largest absolute Gasteiger partial charge is 0.497 e. The Balaban J connectivity index is 0.000000587. The van der Waals surface area contributed by atoms with Gasteiger partial charge in [-0.25, -0.2) is 22.4 Å². The van der Waals surface area contributed by atoms with Gasteiger partial charge in [-0.3, -0.25) is 4.72 Å². The van der Waals surface area contributed by atoms with E-state index in [9.17, 15) is 35.9 Å². The number of piperazine rings is 1. The van der Waals surface area contributed by atoms with Crippen LogP contribution in [-0.2, 0) is 14.8 Å². The molecule has 0 saturated carbocycles. The number of carbonyl (C=O) groups is 2. The fourth-order valence-corrected chi connectivity index (χ4v) is 4.91. The lowest BCUT2D eigenvalue weighted by molar-refractivity contribution is -0.192. The van der Waals surface area contributed by atoms with Gasteiger partial charge in [0, 0.05) is 37.6 Å². The Labute approximate surface area is 232 Å². The van der Waals surface area contributed by atoms with Crippen LogP contribution < -0.4 is 19.3 Å². The number of anilines is 3. The Kier molecular flexibility index (Phi) is 9.65. The SMILES string of the molecule is COc1ccc(N2CCN(c3ccc(NS(=O)(=O)c4ccc(F)cc4)c(C(=O)O)c3)CC2)cc1.O=C(O)C(F)(F)F. The molecule has 15 heteroatoms. The monoisotopic (exact) mass is 599 g/mol. The first-order valence-corrected chi connectivity index (χ1v) is 13.3. The molecule has 3 N–H and O–H groups in total. The van der Waals surface area contributed by atoms with Gasteiger partial charge in [0.1, 0.15) is 11.6 Å². The van der Waals surface area contributed by atoms with Crippen molar-refractivity contribution >= 4 is 39.0 Å². The third kappa shape index (κ3) is 8.23. The van der Waals surface area contributed by atoms with Crippen LogP contribution >= 0.6 is 0 Å². The predicted molar refractivity (Wildman–Crippen MR) is 142 cm³/mol. The number of sulfonamides is 1. The molecule has 220 valence electrons. The second kappa shape index (κ2) is 12.8. The summed E-state index contributed by atoms with van der Waals surface area (Å²) >= 11 is 0. The van der Waals surface area contributed by atoms with Crippen molar-refractivity contribution in [2.24, 2.45) is 0 Å². The van der Waals surface area contributed by atoms with Crippen LogP contribution in [-0.4, -0.2) is 70.0 Å². The van der Waals surface area contributed by atoms with Gasteiger partial charge < -0.3 is 24.7 Å². The summed E-state index contributed by atoms with van der Waals surface area (Å²) in [4.78, 5) is 24.9. The van der Waals surface area contributed by atoms with E-state index >= 15 is 0 Å². The Morgan fingerprint density at radius 2 is 1.34 bits per heavy atom. The number of alkyl halides is 3. The number of halogens is 4. The molecule has 4 rings (SSSR count). The summed E-state index contributed by atoms with van der Waals surface area (Å²) < 4.78 is 77.6. The summed E-state index contributed by atoms with van der Waals surface area (Å²) in [6, 6.07) is 16.7. The van der Waals surface area contributed by atoms with Crippen LogP contribution in [0.3, 0.4) is 0 Å². The number of aromatic carboxylic acids is 1. The third-order valence-corrected chi connectivity index (χ3v) is 7.31. The fourth-order valence-electron chi connectivity index (χ4n) is 3.83. The summed E-state index contributed by atoms with van der Waals surface area (Å²) in [5.74, 6) is -3.79. The predicted octanol–water partition coefficient (Wildman–Crippen LogP) is 4.29. The van der Waals surface area contributed by atoms with Crippen molar-refractivity contribution in [1.82, 2.24) is 0 Å². The van der Waals surface area contributed by atoms with Crippen molar-refractivity contribution in [3.05, 3.63) is 78.1 Å². The summed E-state index contributed by atoms with van der Waals surface area (Å²) in [6.07, 6.45) is -5.08. The number of ether oxygens (including phenoxy) is 1. The molecule has 1 aliphatic rings. The minimum absolute atomic E-state index is 0.0579. The Morgan fingerprint density at radius 1 is 0.854 bits per heavy atom. The van der Waals surface area contributed by atoms with Crippen molar-refractivity contribution in [1.29, 1.82) is 0 Å². The van der Waals surface area contributed by atoms with Crippen molar-refractivity contribution in [2.45, 2.75) is 11.1 Å². The van der Waals surface area contributed by atoms with E-state index in [1.165, 1.54) is 12.1 Å². The highest BCUT2D eigenvalue weighted by atomic mass is 32.2. The third-order valence-electron chi connectivity index (χ3n) is 5.93. The van der Waals surface area contributed by atoms with Crippen molar-refractivity contribution in [3.8, 4) is 5.75 Å². The lowest BCUT2D eigenvalue weighted by Crippen LogP contribution is -2.46. The number of nitrogens with one attached hydrogen (secondary N) is 1. The van der Waals surface area contributed by atoms with E-state index in [-0.39, 0.29) is 16.1 Å². The average Bonchev–Trinajstić information content (AvgIpc) is 2.93. The summed E-state index contributed by atoms with van der Waals surface area (Å²) in [5, 5.41) is 16.8. The molecule has 0 atom stereocenters. The number of methoxy groups -OCH3 is 1. The molecular formula is C26H25F4N3O7S. The van der Waals surface area contributed by atoms with Crippen LogP contribution in [0.15, 0.2) is 71.6 Å². The molecule has 3 aromatic rings. The number of nitrogens with zero attached hydrogens (tertiary/aromatic N) is 2. The normalized spacial score (nSPS) is 13.6. The molecule has 1 fully saturated rings. The standard InChI is InChI=1S/C24H24FN3O5S.C2HF3O2/c1-33-20-7-4-18(5-8-20)27-12-14-28(15-13-27)19-6-11-23(22(16-19)24(29)30)26-34(31,32)21-9-2-17(25)3-10-21;3-2(4,5)1(6)7/h2-11,16,26H,12-15H2,1H3,(H,29,30);(H,6,7). The summed E-state index contributed by atoms with van der Waals surface area (Å²) in [6.45, 7) is 2.83. The molecule has 41 heavy (non-hydrogen) atoms. The van der Waals surface area contributed by atoms with Gasteiger partial charge in [0.05, 0.1) is 23.3 Å². The maximum Gasteiger partial charge on any atom is 0.490 e. The van der Waals surface area contributed by atoms with Gasteiger partial charge in [-0.1, -0.05) is 0 Å². The zero-order valence-electron chi connectivity index (χ0n) is 21.4. The number of hydrogen-bond acceptors (Lipinski definition) is 7. The molecule has 0 bridgehead atoms. The zero-order valence-corrected chi connectivity index (χ0v) is 22.2. The van der Waals surface area contributed by atoms with E-state index in [1.807, 2.05) is 24.3 Å². The van der Waals surface area contributed by atoms with E-state index in [0.717, 1.165) is 48.8 Å². The number of carboxylic acid groups (broad SMARTS) is 2. The molecule has 1 aliphatic heterocycles. The molecule has 0 aromatic heterocycles. The molecule has 0 aliphatic carbocycles. The first-order valence-electron chi connectivity index (χ1n) is 11.8. The van der Waals surface area contributed by atoms with Gasteiger partial charge in [-0.15, -0.1) is 0 Å². The van der Waals surface area contributed by atoms with Crippen molar-refractivity contribution < 1.29 is 50.5 Å². The summed E-state index contributed by atoms with van der Waals surface area (Å²) in [7, 11) is -2.45. The number of hydrogen-bond donors (Lipinski definition) is 3. The van der Waals surface area contributed by atoms with Gasteiger partial charge >= 0.3 is 18.1 Å². The molecular weight excluding hydrogens is 574 g/mol. The fraction of sp³-hybridized carbons (Fsp3) is 0.231. The van der Waals surface area contributed by atoms with Crippen molar-refractivity contribution in [2.75, 3.05) is 47.8 Å². The smallest absolute Gasteiger partial charge is 0.490 e. The minimum atomic E-state index is -5.08. The minimum Gasteiger partial charge on any atom is -0.497 e. The van der Waals surface area contributed by atoms with E-state index in [2.05, 4.69) is 14.5 Å². The second-order valence-corrected chi connectivity index (χ2v) is 10.3. The summed E-state index contributed by atoms with van der Waals surface area (Å²) in [5.41, 5.74) is 1.55. The highest BCUT2D eigenvalue weighted by Gasteiger charge is 2.38. The molecule has 0 radical (unpaired) electrons. The van der Waals surface area contributed by atoms with Crippen LogP contribution in [0, 0.1) is 5.82 Å². The van der Waals surface area contributed by atoms with Gasteiger partial charge in [0.25, 0.3) is 10.0 Å². The molecule has 1 saturated heterocycles. The first kappa shape index (κ1) is 31.0. The quantitative estimate of drug-likeness (QED) is 0.340. The maximum absolute atomic E-state index is 13.1. The van der Waals surface area contributed by atoms with Crippen LogP contribution in [0.2, 0.25) is 0 Å². The van der Waals surface area contributed by atoms with E-state index in [0.29, 0.717) is 18.8 Å². The molecule has 1 heterocycles. The zero-order chi connectivity index (χ0) is 30.4. The van der Waals surface area contributed by atoms with E-state index in [4.69, 9.17) is 14.6 Å². The topological polar surface area (TPSA) is 136 Å². The Hall–Kier alpha value is -4.53. The number of benzene rings is 3. The molecule has 0 spiro atoms. The molecule has 0 amide bonds. The lowest BCUT2D eigenvalue weighted by Gasteiger charge is -2.37. The van der Waals surface area contributed by atoms with E-state index < -0.39 is 34.0 Å². The number of carboxylic acids is 2. The second-order valence-electron chi connectivity index (χ2n) is 8.57. The van der Waals surface area contributed by atoms with Crippen LogP contribution in [0.5, 0.6) is 5.75 Å². The lowest BCUT2D eigenvalue weighted by atomic mass is 10.1. The molecule has 0 unspecified atom stereocenters. The maximum atomic E-state index is 13.1. The van der Waals surface area contributed by atoms with Crippen LogP contribution in [0.1, 0.15) is 10.4 Å². The van der Waals surface area contributed by atoms with Gasteiger partial charge in [0.15, 0.2) is 0 Å². The first-order chi connectivity index (χ1) is 19.2. The van der Waals surface area contributed by atoms with Gasteiger partial charge in [-0.2, -0.15) is 13.2 Å². The van der Waals surface area contributed by atoms with Crippen molar-refractivity contribution in [3.63, 3.8) is 0 Å². The molecule has 3 aromatic carbocycles. The van der Waals surface area contributed by atoms with Gasteiger partial charge in [-0.05, 0) is 66.7 Å². The molecule has 10 nitrogen and oxygen atoms in total.